The first-order valence-corrected chi connectivity index (χ1v) is 5.13. The number of carbonyl (C=O) groups excluding carboxylic acids is 1. The second-order valence-corrected chi connectivity index (χ2v) is 3.63. The molecule has 3 nitrogen and oxygen atoms in total. The van der Waals surface area contributed by atoms with E-state index in [1.165, 1.54) is 0 Å². The fourth-order valence-electron chi connectivity index (χ4n) is 1.57. The third-order valence-corrected chi connectivity index (χ3v) is 2.41. The largest absolute Gasteiger partial charge is 0.294 e. The van der Waals surface area contributed by atoms with Crippen LogP contribution in [-0.4, -0.2) is 16.0 Å². The minimum atomic E-state index is 0.0820. The van der Waals surface area contributed by atoms with Gasteiger partial charge in [-0.1, -0.05) is 24.3 Å². The van der Waals surface area contributed by atoms with Crippen molar-refractivity contribution in [3.8, 4) is 0 Å². The monoisotopic (exact) mass is 212 g/mol. The van der Waals surface area contributed by atoms with Crippen LogP contribution in [0.3, 0.4) is 0 Å². The summed E-state index contributed by atoms with van der Waals surface area (Å²) in [5, 5.41) is 7.65. The molecule has 2 aromatic rings. The quantitative estimate of drug-likeness (QED) is 0.732. The fraction of sp³-hybridized carbons (Fsp3) is 0.154. The molecule has 0 fully saturated rings. The van der Waals surface area contributed by atoms with Crippen LogP contribution in [0.2, 0.25) is 0 Å². The SMILES string of the molecule is Cc1ccccc1C(=O)Cc1cccnn1. The molecule has 0 saturated heterocycles. The number of Topliss-reactive ketones (excluding diaryl/α,β-unsaturated/α-hetero) is 1. The topological polar surface area (TPSA) is 42.9 Å². The van der Waals surface area contributed by atoms with Crippen molar-refractivity contribution in [1.29, 1.82) is 0 Å². The average molecular weight is 212 g/mol. The van der Waals surface area contributed by atoms with Gasteiger partial charge in [-0.2, -0.15) is 10.2 Å². The molecule has 16 heavy (non-hydrogen) atoms. The number of hydrogen-bond acceptors (Lipinski definition) is 3. The Hall–Kier alpha value is -2.03. The Morgan fingerprint density at radius 3 is 2.69 bits per heavy atom. The van der Waals surface area contributed by atoms with Crippen molar-refractivity contribution in [2.24, 2.45) is 0 Å². The summed E-state index contributed by atoms with van der Waals surface area (Å²) in [5.41, 5.74) is 2.46. The van der Waals surface area contributed by atoms with Crippen molar-refractivity contribution < 1.29 is 4.79 Å². The molecule has 0 unspecified atom stereocenters. The molecule has 0 bridgehead atoms. The lowest BCUT2D eigenvalue weighted by Gasteiger charge is -2.03. The average Bonchev–Trinajstić information content (AvgIpc) is 2.31. The van der Waals surface area contributed by atoms with E-state index in [4.69, 9.17) is 0 Å². The summed E-state index contributed by atoms with van der Waals surface area (Å²) in [5.74, 6) is 0.0820. The highest BCUT2D eigenvalue weighted by atomic mass is 16.1. The van der Waals surface area contributed by atoms with Gasteiger partial charge in [0.1, 0.15) is 0 Å². The van der Waals surface area contributed by atoms with E-state index >= 15 is 0 Å². The first kappa shape index (κ1) is 10.5. The molecule has 3 heteroatoms. The summed E-state index contributed by atoms with van der Waals surface area (Å²) in [7, 11) is 0. The summed E-state index contributed by atoms with van der Waals surface area (Å²) >= 11 is 0. The van der Waals surface area contributed by atoms with E-state index < -0.39 is 0 Å². The van der Waals surface area contributed by atoms with Crippen LogP contribution in [0.4, 0.5) is 0 Å². The predicted molar refractivity (Wildman–Crippen MR) is 61.2 cm³/mol. The van der Waals surface area contributed by atoms with Crippen LogP contribution in [-0.2, 0) is 6.42 Å². The van der Waals surface area contributed by atoms with Gasteiger partial charge in [0.05, 0.1) is 12.1 Å². The van der Waals surface area contributed by atoms with E-state index in [9.17, 15) is 4.79 Å². The lowest BCUT2D eigenvalue weighted by Crippen LogP contribution is -2.07. The van der Waals surface area contributed by atoms with Gasteiger partial charge in [-0.05, 0) is 24.6 Å². The third-order valence-electron chi connectivity index (χ3n) is 2.41. The van der Waals surface area contributed by atoms with Crippen LogP contribution in [0.15, 0.2) is 42.6 Å². The van der Waals surface area contributed by atoms with Crippen molar-refractivity contribution in [2.75, 3.05) is 0 Å². The van der Waals surface area contributed by atoms with Gasteiger partial charge in [-0.15, -0.1) is 0 Å². The highest BCUT2D eigenvalue weighted by Crippen LogP contribution is 2.10. The number of benzene rings is 1. The number of carbonyl (C=O) groups is 1. The molecule has 0 atom stereocenters. The van der Waals surface area contributed by atoms with Gasteiger partial charge in [0.2, 0.25) is 0 Å². The summed E-state index contributed by atoms with van der Waals surface area (Å²) in [6.07, 6.45) is 1.90. The number of hydrogen-bond donors (Lipinski definition) is 0. The van der Waals surface area contributed by atoms with E-state index in [1.54, 1.807) is 12.3 Å². The van der Waals surface area contributed by atoms with Gasteiger partial charge in [0.25, 0.3) is 0 Å². The van der Waals surface area contributed by atoms with E-state index in [-0.39, 0.29) is 5.78 Å². The molecule has 1 aromatic heterocycles. The zero-order valence-electron chi connectivity index (χ0n) is 9.05. The molecular weight excluding hydrogens is 200 g/mol. The number of ketones is 1. The van der Waals surface area contributed by atoms with E-state index in [0.29, 0.717) is 12.1 Å². The Labute approximate surface area is 94.2 Å². The van der Waals surface area contributed by atoms with Crippen LogP contribution >= 0.6 is 0 Å². The Morgan fingerprint density at radius 1 is 1.19 bits per heavy atom. The molecule has 80 valence electrons. The molecule has 2 rings (SSSR count). The summed E-state index contributed by atoms with van der Waals surface area (Å²) in [6.45, 7) is 1.93. The molecule has 0 saturated carbocycles. The van der Waals surface area contributed by atoms with Crippen molar-refractivity contribution in [2.45, 2.75) is 13.3 Å². The number of rotatable bonds is 3. The lowest BCUT2D eigenvalue weighted by atomic mass is 10.0. The molecule has 0 aliphatic carbocycles. The van der Waals surface area contributed by atoms with Crippen LogP contribution in [0, 0.1) is 6.92 Å². The molecule has 1 heterocycles. The zero-order chi connectivity index (χ0) is 11.4. The van der Waals surface area contributed by atoms with Crippen LogP contribution in [0.5, 0.6) is 0 Å². The molecule has 0 aliphatic rings. The van der Waals surface area contributed by atoms with Crippen LogP contribution in [0.25, 0.3) is 0 Å². The first-order chi connectivity index (χ1) is 7.77. The standard InChI is InChI=1S/C13H12N2O/c1-10-5-2-3-7-12(10)13(16)9-11-6-4-8-14-15-11/h2-8H,9H2,1H3. The minimum absolute atomic E-state index is 0.0820. The number of aryl methyl sites for hydroxylation is 1. The van der Waals surface area contributed by atoms with Crippen molar-refractivity contribution in [3.05, 3.63) is 59.4 Å². The predicted octanol–water partition coefficient (Wildman–Crippen LogP) is 2.21. The van der Waals surface area contributed by atoms with Gasteiger partial charge in [-0.25, -0.2) is 0 Å². The van der Waals surface area contributed by atoms with Gasteiger partial charge >= 0.3 is 0 Å². The second-order valence-electron chi connectivity index (χ2n) is 3.63. The maximum atomic E-state index is 12.0. The molecule has 0 aliphatic heterocycles. The Balaban J connectivity index is 2.19. The minimum Gasteiger partial charge on any atom is -0.294 e. The first-order valence-electron chi connectivity index (χ1n) is 5.13. The maximum absolute atomic E-state index is 12.0. The Kier molecular flexibility index (Phi) is 3.05. The normalized spacial score (nSPS) is 10.1. The highest BCUT2D eigenvalue weighted by Gasteiger charge is 2.09. The van der Waals surface area contributed by atoms with Crippen LogP contribution in [0.1, 0.15) is 21.6 Å². The molecular formula is C13H12N2O. The molecule has 0 amide bonds. The zero-order valence-corrected chi connectivity index (χ0v) is 9.05. The highest BCUT2D eigenvalue weighted by molar-refractivity contribution is 5.98. The van der Waals surface area contributed by atoms with Crippen molar-refractivity contribution >= 4 is 5.78 Å². The molecule has 0 radical (unpaired) electrons. The Morgan fingerprint density at radius 2 is 2.00 bits per heavy atom. The van der Waals surface area contributed by atoms with Gasteiger partial charge < -0.3 is 0 Å². The van der Waals surface area contributed by atoms with E-state index in [1.807, 2.05) is 37.3 Å². The molecule has 0 spiro atoms. The second kappa shape index (κ2) is 4.66. The summed E-state index contributed by atoms with van der Waals surface area (Å²) in [6, 6.07) is 11.2. The Bertz CT molecular complexity index is 494. The van der Waals surface area contributed by atoms with Crippen molar-refractivity contribution in [3.63, 3.8) is 0 Å². The lowest BCUT2D eigenvalue weighted by molar-refractivity contribution is 0.0991. The molecule has 1 aromatic carbocycles. The third kappa shape index (κ3) is 2.31. The van der Waals surface area contributed by atoms with E-state index in [0.717, 1.165) is 11.1 Å². The molecule has 0 N–H and O–H groups in total. The van der Waals surface area contributed by atoms with Crippen molar-refractivity contribution in [1.82, 2.24) is 10.2 Å². The van der Waals surface area contributed by atoms with Crippen LogP contribution < -0.4 is 0 Å². The number of aromatic nitrogens is 2. The van der Waals surface area contributed by atoms with E-state index in [2.05, 4.69) is 10.2 Å². The fourth-order valence-corrected chi connectivity index (χ4v) is 1.57. The number of nitrogens with zero attached hydrogens (tertiary/aromatic N) is 2. The maximum Gasteiger partial charge on any atom is 0.169 e. The van der Waals surface area contributed by atoms with Gasteiger partial charge in [0.15, 0.2) is 5.78 Å². The van der Waals surface area contributed by atoms with Gasteiger partial charge in [-0.3, -0.25) is 4.79 Å². The smallest absolute Gasteiger partial charge is 0.169 e. The summed E-state index contributed by atoms with van der Waals surface area (Å²) in [4.78, 5) is 12.0. The van der Waals surface area contributed by atoms with Gasteiger partial charge in [0, 0.05) is 11.8 Å². The summed E-state index contributed by atoms with van der Waals surface area (Å²) < 4.78 is 0.